The van der Waals surface area contributed by atoms with Gasteiger partial charge in [0.1, 0.15) is 0 Å². The Morgan fingerprint density at radius 3 is 2.04 bits per heavy atom. The minimum Gasteiger partial charge on any atom is -0.341 e. The SMILES string of the molecule is CCn1c2c(c3ccccc31)=CC(=C1c3ccccc3-c3ccccc31)CC=2. The van der Waals surface area contributed by atoms with Crippen LogP contribution in [0, 0.1) is 0 Å². The topological polar surface area (TPSA) is 4.93 Å². The molecular weight excluding hydrogens is 338 g/mol. The molecule has 0 amide bonds. The van der Waals surface area contributed by atoms with Crippen molar-refractivity contribution in [2.24, 2.45) is 0 Å². The number of nitrogens with zero attached hydrogens (tertiary/aromatic N) is 1. The Kier molecular flexibility index (Phi) is 3.28. The highest BCUT2D eigenvalue weighted by Crippen LogP contribution is 2.46. The molecule has 0 atom stereocenters. The minimum absolute atomic E-state index is 0.974. The molecule has 4 aromatic rings. The second-order valence-electron chi connectivity index (χ2n) is 7.60. The zero-order valence-electron chi connectivity index (χ0n) is 15.9. The molecule has 1 aromatic heterocycles. The molecule has 2 aliphatic carbocycles. The second-order valence-corrected chi connectivity index (χ2v) is 7.60. The molecule has 1 nitrogen and oxygen atoms in total. The quantitative estimate of drug-likeness (QED) is 0.392. The third kappa shape index (κ3) is 2.02. The molecule has 0 aliphatic heterocycles. The summed E-state index contributed by atoms with van der Waals surface area (Å²) in [5.41, 5.74) is 9.61. The standard InChI is InChI=1S/C27H21N/c1-2-28-25-14-8-7-11-21(25)24-17-18(15-16-26(24)28)27-22-12-5-3-9-19(22)20-10-4-6-13-23(20)27/h3-14,16-17H,2,15H2,1H3. The monoisotopic (exact) mass is 359 g/mol. The van der Waals surface area contributed by atoms with Crippen LogP contribution in [-0.2, 0) is 6.54 Å². The molecule has 0 saturated heterocycles. The molecule has 134 valence electrons. The lowest BCUT2D eigenvalue weighted by Gasteiger charge is -2.11. The number of allylic oxidation sites excluding steroid dienone is 1. The van der Waals surface area contributed by atoms with Crippen LogP contribution in [0.15, 0.2) is 78.4 Å². The number of para-hydroxylation sites is 1. The van der Waals surface area contributed by atoms with Crippen LogP contribution in [0.1, 0.15) is 24.5 Å². The minimum atomic E-state index is 0.974. The Bertz CT molecular complexity index is 1360. The third-order valence-electron chi connectivity index (χ3n) is 6.21. The van der Waals surface area contributed by atoms with Gasteiger partial charge in [-0.3, -0.25) is 0 Å². The van der Waals surface area contributed by atoms with E-state index in [0.29, 0.717) is 0 Å². The number of hydrogen-bond donors (Lipinski definition) is 0. The van der Waals surface area contributed by atoms with E-state index in [9.17, 15) is 0 Å². The fourth-order valence-corrected chi connectivity index (χ4v) is 5.04. The molecule has 2 aliphatic rings. The van der Waals surface area contributed by atoms with E-state index in [1.807, 2.05) is 0 Å². The molecule has 0 radical (unpaired) electrons. The second kappa shape index (κ2) is 5.84. The number of benzene rings is 3. The first-order valence-electron chi connectivity index (χ1n) is 10.1. The summed E-state index contributed by atoms with van der Waals surface area (Å²) in [6.07, 6.45) is 5.84. The largest absolute Gasteiger partial charge is 0.341 e. The summed E-state index contributed by atoms with van der Waals surface area (Å²) in [7, 11) is 0. The molecule has 0 unspecified atom stereocenters. The average molecular weight is 359 g/mol. The van der Waals surface area contributed by atoms with Crippen molar-refractivity contribution >= 4 is 28.6 Å². The highest BCUT2D eigenvalue weighted by atomic mass is 15.0. The van der Waals surface area contributed by atoms with Crippen molar-refractivity contribution in [3.63, 3.8) is 0 Å². The average Bonchev–Trinajstić information content (AvgIpc) is 3.26. The van der Waals surface area contributed by atoms with E-state index in [0.717, 1.165) is 13.0 Å². The molecule has 6 rings (SSSR count). The lowest BCUT2D eigenvalue weighted by atomic mass is 9.93. The van der Waals surface area contributed by atoms with Crippen LogP contribution >= 0.6 is 0 Å². The predicted octanol–water partition coefficient (Wildman–Crippen LogP) is 5.11. The maximum Gasteiger partial charge on any atom is 0.0491 e. The van der Waals surface area contributed by atoms with Gasteiger partial charge < -0.3 is 4.57 Å². The lowest BCUT2D eigenvalue weighted by Crippen LogP contribution is -2.31. The highest BCUT2D eigenvalue weighted by Gasteiger charge is 2.25. The Morgan fingerprint density at radius 2 is 1.36 bits per heavy atom. The maximum atomic E-state index is 2.44. The van der Waals surface area contributed by atoms with Crippen molar-refractivity contribution < 1.29 is 0 Å². The Balaban J connectivity index is 1.72. The van der Waals surface area contributed by atoms with Gasteiger partial charge in [-0.25, -0.2) is 0 Å². The van der Waals surface area contributed by atoms with Crippen LogP contribution in [0.5, 0.6) is 0 Å². The molecule has 0 bridgehead atoms. The van der Waals surface area contributed by atoms with Crippen LogP contribution in [0.4, 0.5) is 0 Å². The summed E-state index contributed by atoms with van der Waals surface area (Å²) in [6.45, 7) is 3.23. The third-order valence-corrected chi connectivity index (χ3v) is 6.21. The van der Waals surface area contributed by atoms with Gasteiger partial charge >= 0.3 is 0 Å². The lowest BCUT2D eigenvalue weighted by molar-refractivity contribution is 0.768. The van der Waals surface area contributed by atoms with Crippen molar-refractivity contribution in [1.29, 1.82) is 0 Å². The van der Waals surface area contributed by atoms with E-state index in [-0.39, 0.29) is 0 Å². The van der Waals surface area contributed by atoms with Crippen molar-refractivity contribution in [1.82, 2.24) is 4.57 Å². The smallest absolute Gasteiger partial charge is 0.0491 e. The zero-order chi connectivity index (χ0) is 18.7. The molecule has 0 saturated carbocycles. The van der Waals surface area contributed by atoms with Gasteiger partial charge in [-0.2, -0.15) is 0 Å². The van der Waals surface area contributed by atoms with E-state index < -0.39 is 0 Å². The van der Waals surface area contributed by atoms with Gasteiger partial charge in [0.15, 0.2) is 0 Å². The van der Waals surface area contributed by atoms with E-state index in [1.54, 1.807) is 0 Å². The summed E-state index contributed by atoms with van der Waals surface area (Å²) >= 11 is 0. The van der Waals surface area contributed by atoms with Crippen LogP contribution < -0.4 is 10.6 Å². The fraction of sp³-hybridized carbons (Fsp3) is 0.111. The number of aromatic nitrogens is 1. The first-order chi connectivity index (χ1) is 13.9. The first-order valence-corrected chi connectivity index (χ1v) is 10.1. The molecule has 1 heterocycles. The van der Waals surface area contributed by atoms with E-state index in [2.05, 4.69) is 96.4 Å². The van der Waals surface area contributed by atoms with Gasteiger partial charge in [-0.1, -0.05) is 72.8 Å². The van der Waals surface area contributed by atoms with Crippen molar-refractivity contribution in [2.45, 2.75) is 19.9 Å². The number of hydrogen-bond acceptors (Lipinski definition) is 0. The molecule has 0 spiro atoms. The summed E-state index contributed by atoms with van der Waals surface area (Å²) in [5, 5.41) is 4.09. The number of fused-ring (bicyclic) bond motifs is 6. The zero-order valence-corrected chi connectivity index (χ0v) is 15.9. The summed E-state index contributed by atoms with van der Waals surface area (Å²) in [5.74, 6) is 0. The molecule has 1 heteroatoms. The van der Waals surface area contributed by atoms with Gasteiger partial charge in [-0.15, -0.1) is 0 Å². The molecule has 3 aromatic carbocycles. The molecular formula is C27H21N. The van der Waals surface area contributed by atoms with Crippen LogP contribution in [-0.4, -0.2) is 4.57 Å². The Hall–Kier alpha value is -3.32. The summed E-state index contributed by atoms with van der Waals surface area (Å²) < 4.78 is 2.44. The number of rotatable bonds is 1. The van der Waals surface area contributed by atoms with E-state index in [1.165, 1.54) is 54.9 Å². The Morgan fingerprint density at radius 1 is 0.750 bits per heavy atom. The van der Waals surface area contributed by atoms with Gasteiger partial charge in [-0.05, 0) is 58.9 Å². The fourth-order valence-electron chi connectivity index (χ4n) is 5.04. The first kappa shape index (κ1) is 15.7. The van der Waals surface area contributed by atoms with Crippen LogP contribution in [0.25, 0.3) is 39.8 Å². The normalized spacial score (nSPS) is 14.3. The molecule has 0 N–H and O–H groups in total. The predicted molar refractivity (Wildman–Crippen MR) is 118 cm³/mol. The van der Waals surface area contributed by atoms with Gasteiger partial charge in [0, 0.05) is 28.0 Å². The van der Waals surface area contributed by atoms with Crippen LogP contribution in [0.2, 0.25) is 0 Å². The van der Waals surface area contributed by atoms with E-state index in [4.69, 9.17) is 0 Å². The Labute approximate surface area is 164 Å². The van der Waals surface area contributed by atoms with Gasteiger partial charge in [0.2, 0.25) is 0 Å². The maximum absolute atomic E-state index is 2.44. The van der Waals surface area contributed by atoms with Gasteiger partial charge in [0.05, 0.1) is 0 Å². The molecule has 0 fully saturated rings. The van der Waals surface area contributed by atoms with Crippen molar-refractivity contribution in [2.75, 3.05) is 0 Å². The summed E-state index contributed by atoms with van der Waals surface area (Å²) in [4.78, 5) is 0. The van der Waals surface area contributed by atoms with Crippen LogP contribution in [0.3, 0.4) is 0 Å². The van der Waals surface area contributed by atoms with Gasteiger partial charge in [0.25, 0.3) is 0 Å². The number of aryl methyl sites for hydroxylation is 1. The van der Waals surface area contributed by atoms with E-state index >= 15 is 0 Å². The highest BCUT2D eigenvalue weighted by molar-refractivity contribution is 6.04. The van der Waals surface area contributed by atoms with Crippen molar-refractivity contribution in [3.8, 4) is 11.1 Å². The van der Waals surface area contributed by atoms with Crippen molar-refractivity contribution in [3.05, 3.63) is 100 Å². The molecule has 28 heavy (non-hydrogen) atoms. The summed E-state index contributed by atoms with van der Waals surface area (Å²) in [6, 6.07) is 26.5.